The second-order valence-electron chi connectivity index (χ2n) is 5.76. The number of aromatic amines is 1. The van der Waals surface area contributed by atoms with Crippen molar-refractivity contribution in [3.63, 3.8) is 0 Å². The molecule has 0 radical (unpaired) electrons. The van der Waals surface area contributed by atoms with E-state index in [1.807, 2.05) is 18.2 Å². The molecule has 2 aromatic carbocycles. The van der Waals surface area contributed by atoms with Crippen molar-refractivity contribution in [3.8, 4) is 0 Å². The highest BCUT2D eigenvalue weighted by molar-refractivity contribution is 7.93. The van der Waals surface area contributed by atoms with E-state index >= 15 is 0 Å². The summed E-state index contributed by atoms with van der Waals surface area (Å²) in [5.74, 6) is 0. The molecule has 9 heteroatoms. The van der Waals surface area contributed by atoms with Crippen LogP contribution in [0.25, 0.3) is 32.8 Å². The Balaban J connectivity index is 1.67. The van der Waals surface area contributed by atoms with E-state index in [0.717, 1.165) is 5.39 Å². The first-order chi connectivity index (χ1) is 12.6. The van der Waals surface area contributed by atoms with Crippen molar-refractivity contribution < 1.29 is 13.0 Å². The van der Waals surface area contributed by atoms with Gasteiger partial charge in [0, 0.05) is 23.2 Å². The molecule has 3 aromatic heterocycles. The predicted molar refractivity (Wildman–Crippen MR) is 96.2 cm³/mol. The van der Waals surface area contributed by atoms with Gasteiger partial charge in [-0.2, -0.15) is 0 Å². The van der Waals surface area contributed by atoms with Crippen molar-refractivity contribution in [2.75, 3.05) is 4.72 Å². The molecule has 0 unspecified atom stereocenters. The van der Waals surface area contributed by atoms with E-state index in [9.17, 15) is 8.42 Å². The molecule has 0 fully saturated rings. The third-order valence-electron chi connectivity index (χ3n) is 4.21. The molecular weight excluding hydrogens is 354 g/mol. The highest BCUT2D eigenvalue weighted by atomic mass is 32.2. The van der Waals surface area contributed by atoms with Crippen LogP contribution in [0.4, 0.5) is 5.69 Å². The highest BCUT2D eigenvalue weighted by Crippen LogP contribution is 2.30. The van der Waals surface area contributed by atoms with E-state index in [4.69, 9.17) is 0 Å². The van der Waals surface area contributed by atoms with E-state index < -0.39 is 10.0 Å². The number of aromatic nitrogens is 4. The number of hydrogen-bond acceptors (Lipinski definition) is 6. The molecule has 3 heterocycles. The van der Waals surface area contributed by atoms with E-state index in [1.165, 1.54) is 6.20 Å². The fraction of sp³-hybridized carbons (Fsp3) is 0. The summed E-state index contributed by atoms with van der Waals surface area (Å²) in [6.07, 6.45) is 3.13. The van der Waals surface area contributed by atoms with Crippen molar-refractivity contribution in [1.82, 2.24) is 20.3 Å². The number of benzene rings is 2. The smallest absolute Gasteiger partial charge is 0.264 e. The Kier molecular flexibility index (Phi) is 3.01. The molecule has 0 bridgehead atoms. The van der Waals surface area contributed by atoms with Crippen LogP contribution in [0.3, 0.4) is 0 Å². The first-order valence-corrected chi connectivity index (χ1v) is 9.21. The molecular formula is C17H11N5O3S. The lowest BCUT2D eigenvalue weighted by Gasteiger charge is -2.07. The minimum absolute atomic E-state index is 0.133. The topological polar surface area (TPSA) is 114 Å². The van der Waals surface area contributed by atoms with Gasteiger partial charge < -0.3 is 4.98 Å². The van der Waals surface area contributed by atoms with Crippen molar-refractivity contribution >= 4 is 48.5 Å². The first kappa shape index (κ1) is 14.8. The Hall–Kier alpha value is -3.46. The molecule has 0 aliphatic rings. The molecule has 5 rings (SSSR count). The molecule has 0 amide bonds. The van der Waals surface area contributed by atoms with Gasteiger partial charge in [0.1, 0.15) is 10.4 Å². The number of fused-ring (bicyclic) bond motifs is 4. The summed E-state index contributed by atoms with van der Waals surface area (Å²) in [4.78, 5) is 7.51. The zero-order valence-corrected chi connectivity index (χ0v) is 14.0. The lowest BCUT2D eigenvalue weighted by Crippen LogP contribution is -2.12. The molecule has 0 aliphatic carbocycles. The normalized spacial score (nSPS) is 12.2. The predicted octanol–water partition coefficient (Wildman–Crippen LogP) is 3.05. The molecule has 0 saturated carbocycles. The second-order valence-corrected chi connectivity index (χ2v) is 7.41. The largest absolute Gasteiger partial charge is 0.358 e. The molecule has 0 atom stereocenters. The summed E-state index contributed by atoms with van der Waals surface area (Å²) in [7, 11) is -3.85. The zero-order valence-electron chi connectivity index (χ0n) is 13.2. The number of H-pyrrole nitrogens is 1. The van der Waals surface area contributed by atoms with Gasteiger partial charge in [-0.25, -0.2) is 13.0 Å². The summed E-state index contributed by atoms with van der Waals surface area (Å²) in [5, 5.41) is 8.97. The van der Waals surface area contributed by atoms with Gasteiger partial charge in [0.2, 0.25) is 0 Å². The summed E-state index contributed by atoms with van der Waals surface area (Å²) < 4.78 is 33.1. The van der Waals surface area contributed by atoms with E-state index in [0.29, 0.717) is 33.1 Å². The summed E-state index contributed by atoms with van der Waals surface area (Å²) in [5.41, 5.74) is 2.51. The maximum atomic E-state index is 12.9. The number of nitrogens with one attached hydrogen (secondary N) is 2. The van der Waals surface area contributed by atoms with Crippen LogP contribution in [0.15, 0.2) is 64.4 Å². The Labute approximate surface area is 146 Å². The van der Waals surface area contributed by atoms with Crippen LogP contribution in [0.2, 0.25) is 0 Å². The molecule has 0 spiro atoms. The lowest BCUT2D eigenvalue weighted by molar-refractivity contribution is 0.315. The number of hydrogen-bond donors (Lipinski definition) is 2. The van der Waals surface area contributed by atoms with Gasteiger partial charge in [0.25, 0.3) is 10.0 Å². The highest BCUT2D eigenvalue weighted by Gasteiger charge is 2.22. The maximum absolute atomic E-state index is 12.9. The second kappa shape index (κ2) is 5.27. The number of pyridine rings is 1. The molecule has 5 aromatic rings. The minimum atomic E-state index is -3.85. The Bertz CT molecular complexity index is 1390. The zero-order chi connectivity index (χ0) is 17.7. The van der Waals surface area contributed by atoms with Crippen LogP contribution in [-0.4, -0.2) is 28.7 Å². The van der Waals surface area contributed by atoms with Crippen LogP contribution in [0.5, 0.6) is 0 Å². The van der Waals surface area contributed by atoms with Crippen LogP contribution >= 0.6 is 0 Å². The third kappa shape index (κ3) is 2.14. The number of sulfonamides is 1. The molecule has 8 nitrogen and oxygen atoms in total. The molecule has 0 saturated heterocycles. The van der Waals surface area contributed by atoms with Crippen molar-refractivity contribution in [2.45, 2.75) is 4.90 Å². The maximum Gasteiger partial charge on any atom is 0.264 e. The number of nitrogens with zero attached hydrogens (tertiary/aromatic N) is 3. The standard InChI is InChI=1S/C17H11N5O3S/c23-26(24,22-13-5-1-4-12-17(13)21-25-20-12)14-9-19-16-11(14)7-6-10-3-2-8-18-15(10)16/h1-9,19,22H. The Morgan fingerprint density at radius 2 is 1.92 bits per heavy atom. The van der Waals surface area contributed by atoms with Gasteiger partial charge in [-0.15, -0.1) is 0 Å². The van der Waals surface area contributed by atoms with E-state index in [1.54, 1.807) is 30.5 Å². The summed E-state index contributed by atoms with van der Waals surface area (Å²) in [6.45, 7) is 0. The summed E-state index contributed by atoms with van der Waals surface area (Å²) >= 11 is 0. The third-order valence-corrected chi connectivity index (χ3v) is 5.61. The van der Waals surface area contributed by atoms with Crippen LogP contribution in [-0.2, 0) is 10.0 Å². The average Bonchev–Trinajstić information content (AvgIpc) is 3.29. The Morgan fingerprint density at radius 3 is 2.85 bits per heavy atom. The van der Waals surface area contributed by atoms with Crippen molar-refractivity contribution in [3.05, 3.63) is 54.9 Å². The van der Waals surface area contributed by atoms with Gasteiger partial charge in [-0.3, -0.25) is 9.71 Å². The minimum Gasteiger partial charge on any atom is -0.358 e. The molecule has 0 aliphatic heterocycles. The Morgan fingerprint density at radius 1 is 1.00 bits per heavy atom. The van der Waals surface area contributed by atoms with Gasteiger partial charge in [-0.05, 0) is 28.5 Å². The SMILES string of the molecule is O=S(=O)(Nc1cccc2nonc12)c1c[nH]c2c1ccc1cccnc12. The van der Waals surface area contributed by atoms with Gasteiger partial charge in [0.15, 0.2) is 5.52 Å². The molecule has 128 valence electrons. The average molecular weight is 365 g/mol. The quantitative estimate of drug-likeness (QED) is 0.508. The van der Waals surface area contributed by atoms with Gasteiger partial charge in [0.05, 0.1) is 16.7 Å². The number of anilines is 1. The van der Waals surface area contributed by atoms with Gasteiger partial charge in [-0.1, -0.05) is 24.3 Å². The van der Waals surface area contributed by atoms with Crippen LogP contribution in [0.1, 0.15) is 0 Å². The summed E-state index contributed by atoms with van der Waals surface area (Å²) in [6, 6.07) is 12.3. The first-order valence-electron chi connectivity index (χ1n) is 7.72. The van der Waals surface area contributed by atoms with Crippen LogP contribution in [0, 0.1) is 0 Å². The van der Waals surface area contributed by atoms with E-state index in [-0.39, 0.29) is 4.90 Å². The van der Waals surface area contributed by atoms with Gasteiger partial charge >= 0.3 is 0 Å². The molecule has 2 N–H and O–H groups in total. The number of rotatable bonds is 3. The lowest BCUT2D eigenvalue weighted by atomic mass is 10.1. The van der Waals surface area contributed by atoms with E-state index in [2.05, 4.69) is 29.6 Å². The molecule has 26 heavy (non-hydrogen) atoms. The van der Waals surface area contributed by atoms with Crippen molar-refractivity contribution in [2.24, 2.45) is 0 Å². The van der Waals surface area contributed by atoms with Crippen LogP contribution < -0.4 is 4.72 Å². The monoisotopic (exact) mass is 365 g/mol. The fourth-order valence-electron chi connectivity index (χ4n) is 3.02. The fourth-order valence-corrected chi connectivity index (χ4v) is 4.26. The van der Waals surface area contributed by atoms with Crippen molar-refractivity contribution in [1.29, 1.82) is 0 Å².